The van der Waals surface area contributed by atoms with Crippen LogP contribution in [-0.4, -0.2) is 36.9 Å². The SMILES string of the molecule is CCCCCCCCCCCCC/C=C1\C(=O)OCC1(CO)COC(C)=O. The van der Waals surface area contributed by atoms with Crippen LogP contribution in [-0.2, 0) is 19.1 Å². The third-order valence-corrected chi connectivity index (χ3v) is 5.28. The highest BCUT2D eigenvalue weighted by molar-refractivity contribution is 5.92. The zero-order valence-electron chi connectivity index (χ0n) is 17.3. The van der Waals surface area contributed by atoms with Gasteiger partial charge < -0.3 is 14.6 Å². The molecular weight excluding hydrogens is 344 g/mol. The lowest BCUT2D eigenvalue weighted by molar-refractivity contribution is -0.144. The largest absolute Gasteiger partial charge is 0.465 e. The van der Waals surface area contributed by atoms with Gasteiger partial charge in [-0.2, -0.15) is 0 Å². The van der Waals surface area contributed by atoms with Gasteiger partial charge in [0.2, 0.25) is 0 Å². The molecule has 1 atom stereocenters. The highest BCUT2D eigenvalue weighted by atomic mass is 16.6. The Labute approximate surface area is 164 Å². The lowest BCUT2D eigenvalue weighted by Crippen LogP contribution is -2.34. The number of aliphatic hydroxyl groups excluding tert-OH is 1. The molecule has 1 fully saturated rings. The molecular formula is C22H38O5. The van der Waals surface area contributed by atoms with E-state index in [4.69, 9.17) is 9.47 Å². The van der Waals surface area contributed by atoms with Gasteiger partial charge in [0.05, 0.1) is 12.0 Å². The van der Waals surface area contributed by atoms with Crippen molar-refractivity contribution in [2.45, 2.75) is 90.9 Å². The summed E-state index contributed by atoms with van der Waals surface area (Å²) in [5.41, 5.74) is -0.445. The van der Waals surface area contributed by atoms with Crippen LogP contribution < -0.4 is 0 Å². The number of unbranched alkanes of at least 4 members (excludes halogenated alkanes) is 11. The first-order valence-corrected chi connectivity index (χ1v) is 10.7. The van der Waals surface area contributed by atoms with Gasteiger partial charge in [0.1, 0.15) is 13.2 Å². The predicted molar refractivity (Wildman–Crippen MR) is 106 cm³/mol. The minimum atomic E-state index is -0.902. The average molecular weight is 383 g/mol. The highest BCUT2D eigenvalue weighted by Gasteiger charge is 2.46. The first-order chi connectivity index (χ1) is 13.1. The molecule has 0 radical (unpaired) electrons. The first-order valence-electron chi connectivity index (χ1n) is 10.7. The summed E-state index contributed by atoms with van der Waals surface area (Å²) in [6.45, 7) is 3.34. The molecule has 1 N–H and O–H groups in total. The average Bonchev–Trinajstić information content (AvgIpc) is 2.97. The van der Waals surface area contributed by atoms with Crippen LogP contribution in [0.5, 0.6) is 0 Å². The van der Waals surface area contributed by atoms with Crippen LogP contribution in [0.1, 0.15) is 90.9 Å². The van der Waals surface area contributed by atoms with Crippen molar-refractivity contribution in [2.75, 3.05) is 19.8 Å². The van der Waals surface area contributed by atoms with Crippen molar-refractivity contribution < 1.29 is 24.2 Å². The van der Waals surface area contributed by atoms with Crippen LogP contribution >= 0.6 is 0 Å². The maximum atomic E-state index is 12.0. The smallest absolute Gasteiger partial charge is 0.334 e. The molecule has 1 saturated heterocycles. The Morgan fingerprint density at radius 3 is 2.15 bits per heavy atom. The minimum absolute atomic E-state index is 0.0192. The lowest BCUT2D eigenvalue weighted by Gasteiger charge is -2.24. The minimum Gasteiger partial charge on any atom is -0.465 e. The molecule has 1 unspecified atom stereocenters. The first kappa shape index (κ1) is 23.7. The number of carbonyl (C=O) groups excluding carboxylic acids is 2. The van der Waals surface area contributed by atoms with Gasteiger partial charge in [-0.3, -0.25) is 4.79 Å². The van der Waals surface area contributed by atoms with Crippen molar-refractivity contribution in [1.82, 2.24) is 0 Å². The van der Waals surface area contributed by atoms with Crippen LogP contribution in [0.25, 0.3) is 0 Å². The fourth-order valence-electron chi connectivity index (χ4n) is 3.47. The number of esters is 2. The molecule has 0 aliphatic carbocycles. The Balaban J connectivity index is 2.22. The van der Waals surface area contributed by atoms with E-state index >= 15 is 0 Å². The van der Waals surface area contributed by atoms with E-state index in [1.54, 1.807) is 0 Å². The fraction of sp³-hybridized carbons (Fsp3) is 0.818. The number of hydrogen-bond donors (Lipinski definition) is 1. The van der Waals surface area contributed by atoms with Crippen LogP contribution in [0.2, 0.25) is 0 Å². The molecule has 1 aliphatic rings. The predicted octanol–water partition coefficient (Wildman–Crippen LogP) is 4.71. The molecule has 1 rings (SSSR count). The van der Waals surface area contributed by atoms with Gasteiger partial charge in [-0.15, -0.1) is 0 Å². The second-order valence-electron chi connectivity index (χ2n) is 7.74. The molecule has 1 aliphatic heterocycles. The Morgan fingerprint density at radius 2 is 1.63 bits per heavy atom. The van der Waals surface area contributed by atoms with Gasteiger partial charge in [0, 0.05) is 12.5 Å². The highest BCUT2D eigenvalue weighted by Crippen LogP contribution is 2.35. The maximum Gasteiger partial charge on any atom is 0.334 e. The van der Waals surface area contributed by atoms with Crippen LogP contribution in [0, 0.1) is 5.41 Å². The van der Waals surface area contributed by atoms with Crippen molar-refractivity contribution in [1.29, 1.82) is 0 Å². The van der Waals surface area contributed by atoms with E-state index in [-0.39, 0.29) is 19.8 Å². The third-order valence-electron chi connectivity index (χ3n) is 5.28. The van der Waals surface area contributed by atoms with Crippen LogP contribution in [0.15, 0.2) is 11.6 Å². The second-order valence-corrected chi connectivity index (χ2v) is 7.74. The van der Waals surface area contributed by atoms with Gasteiger partial charge in [-0.25, -0.2) is 4.79 Å². The van der Waals surface area contributed by atoms with Gasteiger partial charge in [-0.05, 0) is 12.8 Å². The summed E-state index contributed by atoms with van der Waals surface area (Å²) in [6, 6.07) is 0. The van der Waals surface area contributed by atoms with Gasteiger partial charge in [0.15, 0.2) is 0 Å². The summed E-state index contributed by atoms with van der Waals surface area (Å²) < 4.78 is 10.1. The molecule has 0 aromatic rings. The molecule has 0 aromatic heterocycles. The standard InChI is InChI=1S/C22H38O5/c1-3-4-5-6-7-8-9-10-11-12-13-14-15-20-21(25)27-18-22(20,16-23)17-26-19(2)24/h15,23H,3-14,16-18H2,1-2H3/b20-15+. The Morgan fingerprint density at radius 1 is 1.07 bits per heavy atom. The zero-order valence-corrected chi connectivity index (χ0v) is 17.3. The number of ether oxygens (including phenoxy) is 2. The Bertz CT molecular complexity index is 471. The number of carbonyl (C=O) groups is 2. The van der Waals surface area contributed by atoms with Crippen LogP contribution in [0.3, 0.4) is 0 Å². The normalized spacial score (nSPS) is 20.9. The second kappa shape index (κ2) is 13.8. The van der Waals surface area contributed by atoms with E-state index in [0.717, 1.165) is 19.3 Å². The van der Waals surface area contributed by atoms with Gasteiger partial charge in [-0.1, -0.05) is 77.2 Å². The lowest BCUT2D eigenvalue weighted by atomic mass is 9.83. The summed E-state index contributed by atoms with van der Waals surface area (Å²) in [6.07, 6.45) is 16.7. The summed E-state index contributed by atoms with van der Waals surface area (Å²) in [4.78, 5) is 23.1. The van der Waals surface area contributed by atoms with Gasteiger partial charge >= 0.3 is 11.9 Å². The number of allylic oxidation sites excluding steroid dienone is 1. The summed E-state index contributed by atoms with van der Waals surface area (Å²) in [5, 5.41) is 9.74. The molecule has 5 heteroatoms. The van der Waals surface area contributed by atoms with E-state index in [0.29, 0.717) is 5.57 Å². The summed E-state index contributed by atoms with van der Waals surface area (Å²) in [7, 11) is 0. The number of hydrogen-bond acceptors (Lipinski definition) is 5. The number of cyclic esters (lactones) is 1. The van der Waals surface area contributed by atoms with Crippen molar-refractivity contribution in [3.8, 4) is 0 Å². The Kier molecular flexibility index (Phi) is 12.1. The fourth-order valence-corrected chi connectivity index (χ4v) is 3.47. The van der Waals surface area contributed by atoms with Crippen molar-refractivity contribution in [3.63, 3.8) is 0 Å². The third kappa shape index (κ3) is 8.91. The number of aliphatic hydroxyl groups is 1. The van der Waals surface area contributed by atoms with Crippen molar-refractivity contribution >= 4 is 11.9 Å². The molecule has 27 heavy (non-hydrogen) atoms. The topological polar surface area (TPSA) is 72.8 Å². The molecule has 0 bridgehead atoms. The van der Waals surface area contributed by atoms with Gasteiger partial charge in [0.25, 0.3) is 0 Å². The van der Waals surface area contributed by atoms with E-state index in [2.05, 4.69) is 6.92 Å². The zero-order chi connectivity index (χ0) is 20.0. The molecule has 0 amide bonds. The molecule has 156 valence electrons. The van der Waals surface area contributed by atoms with Crippen molar-refractivity contribution in [2.24, 2.45) is 5.41 Å². The molecule has 0 saturated carbocycles. The molecule has 1 heterocycles. The Hall–Kier alpha value is -1.36. The van der Waals surface area contributed by atoms with E-state index < -0.39 is 17.4 Å². The van der Waals surface area contributed by atoms with Crippen molar-refractivity contribution in [3.05, 3.63) is 11.6 Å². The summed E-state index contributed by atoms with van der Waals surface area (Å²) >= 11 is 0. The monoisotopic (exact) mass is 382 g/mol. The van der Waals surface area contributed by atoms with Crippen LogP contribution in [0.4, 0.5) is 0 Å². The number of rotatable bonds is 15. The molecule has 5 nitrogen and oxygen atoms in total. The molecule has 0 spiro atoms. The summed E-state index contributed by atoms with van der Waals surface area (Å²) in [5.74, 6) is -0.828. The maximum absolute atomic E-state index is 12.0. The van der Waals surface area contributed by atoms with E-state index in [1.165, 1.54) is 64.7 Å². The van der Waals surface area contributed by atoms with E-state index in [9.17, 15) is 14.7 Å². The van der Waals surface area contributed by atoms with E-state index in [1.807, 2.05) is 6.08 Å². The quantitative estimate of drug-likeness (QED) is 0.252. The molecule has 0 aromatic carbocycles.